The van der Waals surface area contributed by atoms with Crippen molar-refractivity contribution in [3.63, 3.8) is 0 Å². The quantitative estimate of drug-likeness (QED) is 0.571. The SMILES string of the molecule is COc1cc2ncc(-c3ccc(C(N)=O)c(NC4CCCNC4)n3)n2nc1C1CC1. The van der Waals surface area contributed by atoms with Gasteiger partial charge < -0.3 is 21.1 Å². The van der Waals surface area contributed by atoms with Gasteiger partial charge in [0.05, 0.1) is 24.6 Å². The number of rotatable bonds is 6. The molecule has 3 aromatic heterocycles. The molecule has 1 saturated carbocycles. The van der Waals surface area contributed by atoms with Crippen molar-refractivity contribution < 1.29 is 9.53 Å². The predicted molar refractivity (Wildman–Crippen MR) is 113 cm³/mol. The fourth-order valence-electron chi connectivity index (χ4n) is 3.97. The Balaban J connectivity index is 1.56. The lowest BCUT2D eigenvalue weighted by atomic mass is 10.1. The maximum absolute atomic E-state index is 12.0. The van der Waals surface area contributed by atoms with Crippen LogP contribution in [0.4, 0.5) is 5.82 Å². The van der Waals surface area contributed by atoms with Crippen molar-refractivity contribution in [2.24, 2.45) is 5.73 Å². The van der Waals surface area contributed by atoms with E-state index in [-0.39, 0.29) is 6.04 Å². The van der Waals surface area contributed by atoms with Crippen LogP contribution >= 0.6 is 0 Å². The molecule has 1 aliphatic carbocycles. The van der Waals surface area contributed by atoms with Crippen LogP contribution in [0.25, 0.3) is 17.0 Å². The summed E-state index contributed by atoms with van der Waals surface area (Å²) in [6.45, 7) is 1.83. The number of nitrogens with two attached hydrogens (primary N) is 1. The molecule has 0 radical (unpaired) electrons. The Labute approximate surface area is 174 Å². The Bertz CT molecular complexity index is 1100. The minimum absolute atomic E-state index is 0.200. The molecular formula is C21H25N7O2. The highest BCUT2D eigenvalue weighted by atomic mass is 16.5. The van der Waals surface area contributed by atoms with Crippen LogP contribution < -0.4 is 21.1 Å². The molecule has 0 bridgehead atoms. The van der Waals surface area contributed by atoms with E-state index in [1.54, 1.807) is 30.0 Å². The second kappa shape index (κ2) is 7.56. The highest BCUT2D eigenvalue weighted by molar-refractivity contribution is 5.98. The van der Waals surface area contributed by atoms with Crippen molar-refractivity contribution in [2.45, 2.75) is 37.6 Å². The van der Waals surface area contributed by atoms with Gasteiger partial charge in [-0.1, -0.05) is 0 Å². The van der Waals surface area contributed by atoms with Crippen LogP contribution in [0.5, 0.6) is 5.75 Å². The van der Waals surface area contributed by atoms with Crippen LogP contribution in [0.2, 0.25) is 0 Å². The van der Waals surface area contributed by atoms with Crippen LogP contribution in [0.1, 0.15) is 47.7 Å². The molecule has 4 heterocycles. The Morgan fingerprint density at radius 2 is 2.20 bits per heavy atom. The average Bonchev–Trinajstić information content (AvgIpc) is 3.52. The molecule has 2 fully saturated rings. The van der Waals surface area contributed by atoms with Gasteiger partial charge in [0.25, 0.3) is 5.91 Å². The normalized spacial score (nSPS) is 19.0. The number of carbonyl (C=O) groups is 1. The van der Waals surface area contributed by atoms with E-state index in [0.29, 0.717) is 28.6 Å². The first-order valence-corrected chi connectivity index (χ1v) is 10.3. The summed E-state index contributed by atoms with van der Waals surface area (Å²) in [6.07, 6.45) is 6.07. The molecule has 9 heteroatoms. The Hall–Kier alpha value is -3.20. The van der Waals surface area contributed by atoms with Crippen molar-refractivity contribution in [2.75, 3.05) is 25.5 Å². The number of hydrogen-bond donors (Lipinski definition) is 3. The number of methoxy groups -OCH3 is 1. The summed E-state index contributed by atoms with van der Waals surface area (Å²) in [7, 11) is 1.66. The van der Waals surface area contributed by atoms with E-state index in [9.17, 15) is 4.79 Å². The second-order valence-corrected chi connectivity index (χ2v) is 7.93. The van der Waals surface area contributed by atoms with Gasteiger partial charge in [-0.2, -0.15) is 5.10 Å². The molecule has 30 heavy (non-hydrogen) atoms. The number of fused-ring (bicyclic) bond motifs is 1. The van der Waals surface area contributed by atoms with Gasteiger partial charge >= 0.3 is 0 Å². The lowest BCUT2D eigenvalue weighted by Crippen LogP contribution is -2.39. The summed E-state index contributed by atoms with van der Waals surface area (Å²) in [5, 5.41) is 11.6. The zero-order valence-corrected chi connectivity index (χ0v) is 16.9. The Morgan fingerprint density at radius 3 is 2.90 bits per heavy atom. The number of aromatic nitrogens is 4. The molecule has 5 rings (SSSR count). The fraction of sp³-hybridized carbons (Fsp3) is 0.429. The van der Waals surface area contributed by atoms with E-state index in [4.69, 9.17) is 20.6 Å². The summed E-state index contributed by atoms with van der Waals surface area (Å²) in [5.41, 5.74) is 9.05. The Kier molecular flexibility index (Phi) is 4.74. The van der Waals surface area contributed by atoms with Gasteiger partial charge in [0, 0.05) is 24.6 Å². The van der Waals surface area contributed by atoms with Gasteiger partial charge in [0.2, 0.25) is 0 Å². The molecule has 1 saturated heterocycles. The van der Waals surface area contributed by atoms with E-state index in [1.807, 2.05) is 6.07 Å². The first-order chi connectivity index (χ1) is 14.6. The van der Waals surface area contributed by atoms with E-state index >= 15 is 0 Å². The van der Waals surface area contributed by atoms with Gasteiger partial charge in [-0.05, 0) is 44.4 Å². The first kappa shape index (κ1) is 18.8. The lowest BCUT2D eigenvalue weighted by molar-refractivity contribution is 0.100. The highest BCUT2D eigenvalue weighted by Crippen LogP contribution is 2.43. The monoisotopic (exact) mass is 407 g/mol. The zero-order chi connectivity index (χ0) is 20.7. The van der Waals surface area contributed by atoms with Crippen molar-refractivity contribution >= 4 is 17.4 Å². The van der Waals surface area contributed by atoms with Gasteiger partial charge in [-0.3, -0.25) is 4.79 Å². The third-order valence-electron chi connectivity index (χ3n) is 5.73. The topological polar surface area (TPSA) is 119 Å². The number of nitrogens with zero attached hydrogens (tertiary/aromatic N) is 4. The van der Waals surface area contributed by atoms with E-state index < -0.39 is 5.91 Å². The largest absolute Gasteiger partial charge is 0.495 e. The second-order valence-electron chi connectivity index (χ2n) is 7.93. The molecule has 0 spiro atoms. The van der Waals surface area contributed by atoms with E-state index in [2.05, 4.69) is 15.6 Å². The van der Waals surface area contributed by atoms with Crippen molar-refractivity contribution in [3.8, 4) is 17.1 Å². The molecule has 156 valence electrons. The number of nitrogens with one attached hydrogen (secondary N) is 2. The molecule has 1 aliphatic heterocycles. The van der Waals surface area contributed by atoms with Crippen LogP contribution in [-0.2, 0) is 0 Å². The van der Waals surface area contributed by atoms with Crippen LogP contribution in [0.15, 0.2) is 24.4 Å². The summed E-state index contributed by atoms with van der Waals surface area (Å²) < 4.78 is 7.32. The molecule has 1 amide bonds. The third-order valence-corrected chi connectivity index (χ3v) is 5.73. The predicted octanol–water partition coefficient (Wildman–Crippen LogP) is 1.94. The molecule has 4 N–H and O–H groups in total. The molecule has 1 unspecified atom stereocenters. The number of ether oxygens (including phenoxy) is 1. The van der Waals surface area contributed by atoms with Gasteiger partial charge in [0.15, 0.2) is 5.65 Å². The smallest absolute Gasteiger partial charge is 0.252 e. The number of anilines is 1. The summed E-state index contributed by atoms with van der Waals surface area (Å²) >= 11 is 0. The maximum Gasteiger partial charge on any atom is 0.252 e. The maximum atomic E-state index is 12.0. The first-order valence-electron chi connectivity index (χ1n) is 10.3. The lowest BCUT2D eigenvalue weighted by Gasteiger charge is -2.25. The van der Waals surface area contributed by atoms with Crippen LogP contribution in [0.3, 0.4) is 0 Å². The number of imidazole rings is 1. The van der Waals surface area contributed by atoms with Crippen molar-refractivity contribution in [1.82, 2.24) is 24.9 Å². The number of hydrogen-bond acceptors (Lipinski definition) is 7. The molecule has 3 aromatic rings. The molecule has 2 aliphatic rings. The number of amides is 1. The Morgan fingerprint density at radius 1 is 1.33 bits per heavy atom. The van der Waals surface area contributed by atoms with Gasteiger partial charge in [-0.15, -0.1) is 0 Å². The van der Waals surface area contributed by atoms with E-state index in [0.717, 1.165) is 55.9 Å². The molecular weight excluding hydrogens is 382 g/mol. The van der Waals surface area contributed by atoms with E-state index in [1.165, 1.54) is 0 Å². The fourth-order valence-corrected chi connectivity index (χ4v) is 3.97. The number of carbonyl (C=O) groups excluding carboxylic acids is 1. The van der Waals surface area contributed by atoms with Gasteiger partial charge in [0.1, 0.15) is 23.0 Å². The molecule has 1 atom stereocenters. The number of primary amides is 1. The van der Waals surface area contributed by atoms with Crippen LogP contribution in [-0.4, -0.2) is 51.7 Å². The minimum Gasteiger partial charge on any atom is -0.495 e. The summed E-state index contributed by atoms with van der Waals surface area (Å²) in [6, 6.07) is 5.62. The van der Waals surface area contributed by atoms with Gasteiger partial charge in [-0.25, -0.2) is 14.5 Å². The number of pyridine rings is 1. The summed E-state index contributed by atoms with van der Waals surface area (Å²) in [5.74, 6) is 1.20. The number of piperidine rings is 1. The molecule has 0 aromatic carbocycles. The molecule has 9 nitrogen and oxygen atoms in total. The van der Waals surface area contributed by atoms with Crippen molar-refractivity contribution in [3.05, 3.63) is 35.7 Å². The standard InChI is InChI=1S/C21H25N7O2/c1-30-17-9-18-24-11-16(28(18)27-19(17)12-4-5-12)15-7-6-14(20(22)29)21(26-15)25-13-3-2-8-23-10-13/h6-7,9,11-13,23H,2-5,8,10H2,1H3,(H2,22,29)(H,25,26). The summed E-state index contributed by atoms with van der Waals surface area (Å²) in [4.78, 5) is 21.2. The minimum atomic E-state index is -0.502. The zero-order valence-electron chi connectivity index (χ0n) is 16.9. The highest BCUT2D eigenvalue weighted by Gasteiger charge is 2.30. The third kappa shape index (κ3) is 3.45. The van der Waals surface area contributed by atoms with Crippen molar-refractivity contribution in [1.29, 1.82) is 0 Å². The average molecular weight is 407 g/mol. The van der Waals surface area contributed by atoms with Crippen LogP contribution in [0, 0.1) is 0 Å².